The highest BCUT2D eigenvalue weighted by Gasteiger charge is 2.41. The highest BCUT2D eigenvalue weighted by molar-refractivity contribution is 5.76. The summed E-state index contributed by atoms with van der Waals surface area (Å²) >= 11 is 0. The molecular formula is C18H28N4O2. The number of nitrogens with zero attached hydrogens (tertiary/aromatic N) is 3. The highest BCUT2D eigenvalue weighted by atomic mass is 16.2. The van der Waals surface area contributed by atoms with Crippen molar-refractivity contribution in [2.75, 3.05) is 33.2 Å². The molecule has 6 nitrogen and oxygen atoms in total. The Labute approximate surface area is 143 Å². The van der Waals surface area contributed by atoms with Crippen LogP contribution in [-0.2, 0) is 11.2 Å². The molecule has 2 fully saturated rings. The van der Waals surface area contributed by atoms with Crippen LogP contribution in [-0.4, -0.2) is 58.9 Å². The van der Waals surface area contributed by atoms with Crippen molar-refractivity contribution in [3.8, 4) is 0 Å². The maximum atomic E-state index is 12.7. The van der Waals surface area contributed by atoms with E-state index < -0.39 is 0 Å². The molecule has 0 aliphatic carbocycles. The van der Waals surface area contributed by atoms with Crippen LogP contribution in [0, 0.1) is 19.3 Å². The molecule has 0 unspecified atom stereocenters. The van der Waals surface area contributed by atoms with Gasteiger partial charge in [-0.2, -0.15) is 4.98 Å². The number of aromatic nitrogens is 2. The fourth-order valence-corrected chi connectivity index (χ4v) is 4.43. The standard InChI is InChI=1S/C18H28N4O2/c1-13-15(14(2)20-17(24)19-13)5-6-16(23)22-9-4-7-18(12-22)8-10-21(3)11-18/h4-12H2,1-3H3,(H,19,20,24)/t18-/m1/s1. The van der Waals surface area contributed by atoms with E-state index in [0.29, 0.717) is 18.3 Å². The van der Waals surface area contributed by atoms with Crippen molar-refractivity contribution in [2.45, 2.75) is 46.0 Å². The molecule has 6 heteroatoms. The molecule has 24 heavy (non-hydrogen) atoms. The number of H-pyrrole nitrogens is 1. The summed E-state index contributed by atoms with van der Waals surface area (Å²) in [6.45, 7) is 7.75. The van der Waals surface area contributed by atoms with Crippen molar-refractivity contribution in [1.82, 2.24) is 19.8 Å². The SMILES string of the molecule is Cc1nc(=O)[nH]c(C)c1CCC(=O)N1CCC[C@]2(CCN(C)C2)C1. The Balaban J connectivity index is 1.62. The number of likely N-dealkylation sites (tertiary alicyclic amines) is 2. The minimum atomic E-state index is -0.316. The molecule has 0 saturated carbocycles. The number of aromatic amines is 1. The first-order valence-electron chi connectivity index (χ1n) is 8.91. The largest absolute Gasteiger partial charge is 0.345 e. The average molecular weight is 332 g/mol. The predicted octanol–water partition coefficient (Wildman–Crippen LogP) is 1.26. The first-order valence-corrected chi connectivity index (χ1v) is 8.91. The number of nitrogens with one attached hydrogen (secondary N) is 1. The predicted molar refractivity (Wildman–Crippen MR) is 93.0 cm³/mol. The molecule has 0 bridgehead atoms. The fourth-order valence-electron chi connectivity index (χ4n) is 4.43. The van der Waals surface area contributed by atoms with E-state index in [-0.39, 0.29) is 11.6 Å². The van der Waals surface area contributed by atoms with Gasteiger partial charge in [-0.25, -0.2) is 4.79 Å². The maximum absolute atomic E-state index is 12.7. The summed E-state index contributed by atoms with van der Waals surface area (Å²) in [6.07, 6.45) is 4.68. The third-order valence-electron chi connectivity index (χ3n) is 5.69. The van der Waals surface area contributed by atoms with Crippen LogP contribution >= 0.6 is 0 Å². The Morgan fingerprint density at radius 3 is 2.71 bits per heavy atom. The minimum absolute atomic E-state index is 0.230. The highest BCUT2D eigenvalue weighted by Crippen LogP contribution is 2.38. The van der Waals surface area contributed by atoms with E-state index in [1.54, 1.807) is 0 Å². The number of hydrogen-bond donors (Lipinski definition) is 1. The monoisotopic (exact) mass is 332 g/mol. The topological polar surface area (TPSA) is 69.3 Å². The van der Waals surface area contributed by atoms with Crippen LogP contribution in [0.4, 0.5) is 0 Å². The fraction of sp³-hybridized carbons (Fsp3) is 0.722. The average Bonchev–Trinajstić information content (AvgIpc) is 2.86. The van der Waals surface area contributed by atoms with Crippen LogP contribution in [0.25, 0.3) is 0 Å². The van der Waals surface area contributed by atoms with E-state index in [2.05, 4.69) is 26.8 Å². The molecule has 1 spiro atoms. The Bertz CT molecular complexity index is 654. The van der Waals surface area contributed by atoms with Crippen LogP contribution in [0.5, 0.6) is 0 Å². The summed E-state index contributed by atoms with van der Waals surface area (Å²) in [7, 11) is 2.17. The molecule has 2 saturated heterocycles. The van der Waals surface area contributed by atoms with E-state index >= 15 is 0 Å². The van der Waals surface area contributed by atoms with Crippen LogP contribution in [0.1, 0.15) is 42.6 Å². The molecule has 2 aliphatic rings. The number of rotatable bonds is 3. The molecule has 1 atom stereocenters. The van der Waals surface area contributed by atoms with Crippen molar-refractivity contribution in [1.29, 1.82) is 0 Å². The van der Waals surface area contributed by atoms with E-state index in [0.717, 1.165) is 49.6 Å². The lowest BCUT2D eigenvalue weighted by atomic mass is 9.79. The summed E-state index contributed by atoms with van der Waals surface area (Å²) < 4.78 is 0. The Morgan fingerprint density at radius 1 is 1.25 bits per heavy atom. The summed E-state index contributed by atoms with van der Waals surface area (Å²) in [5, 5.41) is 0. The second-order valence-electron chi connectivity index (χ2n) is 7.64. The number of piperidine rings is 1. The second-order valence-corrected chi connectivity index (χ2v) is 7.64. The Morgan fingerprint density at radius 2 is 2.04 bits per heavy atom. The Hall–Kier alpha value is -1.69. The van der Waals surface area contributed by atoms with Crippen molar-refractivity contribution in [2.24, 2.45) is 5.41 Å². The van der Waals surface area contributed by atoms with Crippen LogP contribution in [0.2, 0.25) is 0 Å². The minimum Gasteiger partial charge on any atom is -0.342 e. The molecule has 1 amide bonds. The van der Waals surface area contributed by atoms with Gasteiger partial charge in [-0.15, -0.1) is 0 Å². The molecule has 1 aromatic rings. The van der Waals surface area contributed by atoms with Gasteiger partial charge in [0.25, 0.3) is 0 Å². The quantitative estimate of drug-likeness (QED) is 0.905. The third-order valence-corrected chi connectivity index (χ3v) is 5.69. The zero-order valence-corrected chi connectivity index (χ0v) is 15.0. The summed E-state index contributed by atoms with van der Waals surface area (Å²) in [5.41, 5.74) is 2.55. The van der Waals surface area contributed by atoms with Gasteiger partial charge in [-0.05, 0) is 58.7 Å². The lowest BCUT2D eigenvalue weighted by Gasteiger charge is -2.40. The summed E-state index contributed by atoms with van der Waals surface area (Å²) in [5.74, 6) is 0.230. The number of amides is 1. The lowest BCUT2D eigenvalue weighted by molar-refractivity contribution is -0.134. The summed E-state index contributed by atoms with van der Waals surface area (Å²) in [4.78, 5) is 35.2. The molecule has 1 aromatic heterocycles. The van der Waals surface area contributed by atoms with E-state index in [1.165, 1.54) is 12.8 Å². The van der Waals surface area contributed by atoms with E-state index in [1.807, 2.05) is 13.8 Å². The van der Waals surface area contributed by atoms with E-state index in [9.17, 15) is 9.59 Å². The molecule has 132 valence electrons. The molecule has 3 heterocycles. The van der Waals surface area contributed by atoms with Crippen LogP contribution in [0.15, 0.2) is 4.79 Å². The van der Waals surface area contributed by atoms with Crippen LogP contribution < -0.4 is 5.69 Å². The van der Waals surface area contributed by atoms with Gasteiger partial charge in [0.15, 0.2) is 0 Å². The molecule has 1 N–H and O–H groups in total. The number of hydrogen-bond acceptors (Lipinski definition) is 4. The molecule has 3 rings (SSSR count). The van der Waals surface area contributed by atoms with Gasteiger partial charge >= 0.3 is 5.69 Å². The van der Waals surface area contributed by atoms with E-state index in [4.69, 9.17) is 0 Å². The van der Waals surface area contributed by atoms with Crippen molar-refractivity contribution >= 4 is 5.91 Å². The zero-order valence-electron chi connectivity index (χ0n) is 15.0. The van der Waals surface area contributed by atoms with Crippen molar-refractivity contribution in [3.05, 3.63) is 27.4 Å². The second kappa shape index (κ2) is 6.67. The van der Waals surface area contributed by atoms with Gasteiger partial charge in [0.2, 0.25) is 5.91 Å². The summed E-state index contributed by atoms with van der Waals surface area (Å²) in [6, 6.07) is 0. The van der Waals surface area contributed by atoms with Crippen molar-refractivity contribution < 1.29 is 4.79 Å². The first kappa shape index (κ1) is 17.1. The molecule has 0 aromatic carbocycles. The lowest BCUT2D eigenvalue weighted by Crippen LogP contribution is -2.47. The van der Waals surface area contributed by atoms with Gasteiger partial charge in [0.05, 0.1) is 0 Å². The number of aryl methyl sites for hydroxylation is 2. The van der Waals surface area contributed by atoms with Gasteiger partial charge in [0.1, 0.15) is 0 Å². The van der Waals surface area contributed by atoms with Crippen molar-refractivity contribution in [3.63, 3.8) is 0 Å². The molecule has 2 aliphatic heterocycles. The van der Waals surface area contributed by atoms with Gasteiger partial charge in [-0.3, -0.25) is 4.79 Å². The zero-order chi connectivity index (χ0) is 17.3. The number of carbonyl (C=O) groups is 1. The maximum Gasteiger partial charge on any atom is 0.345 e. The molecular weight excluding hydrogens is 304 g/mol. The van der Waals surface area contributed by atoms with Crippen LogP contribution in [0.3, 0.4) is 0 Å². The normalized spacial score (nSPS) is 24.7. The van der Waals surface area contributed by atoms with Gasteiger partial charge in [0, 0.05) is 42.9 Å². The van der Waals surface area contributed by atoms with Gasteiger partial charge in [-0.1, -0.05) is 0 Å². The first-order chi connectivity index (χ1) is 11.4. The number of carbonyl (C=O) groups excluding carboxylic acids is 1. The Kier molecular flexibility index (Phi) is 4.76. The van der Waals surface area contributed by atoms with Gasteiger partial charge < -0.3 is 14.8 Å². The molecule has 0 radical (unpaired) electrons. The third kappa shape index (κ3) is 3.53. The smallest absolute Gasteiger partial charge is 0.342 e.